The molecule has 0 aromatic rings. The lowest BCUT2D eigenvalue weighted by Gasteiger charge is -2.38. The molecule has 2 aliphatic heterocycles. The second-order valence-corrected chi connectivity index (χ2v) is 8.30. The number of hydrogen-bond acceptors (Lipinski definition) is 4. The minimum atomic E-state index is -0.108. The van der Waals surface area contributed by atoms with Crippen LogP contribution in [0.3, 0.4) is 0 Å². The lowest BCUT2D eigenvalue weighted by molar-refractivity contribution is -0.141. The number of piperidine rings is 1. The van der Waals surface area contributed by atoms with Crippen molar-refractivity contribution in [2.75, 3.05) is 39.4 Å². The Hall–Kier alpha value is -1.14. The predicted octanol–water partition coefficient (Wildman–Crippen LogP) is 1.64. The monoisotopic (exact) mass is 365 g/mol. The Kier molecular flexibility index (Phi) is 6.92. The fourth-order valence-electron chi connectivity index (χ4n) is 4.58. The number of hydrogen-bond donors (Lipinski definition) is 1. The molecule has 2 amide bonds. The summed E-state index contributed by atoms with van der Waals surface area (Å²) in [7, 11) is 0. The van der Waals surface area contributed by atoms with E-state index < -0.39 is 0 Å². The van der Waals surface area contributed by atoms with Gasteiger partial charge in [-0.05, 0) is 51.6 Å². The third-order valence-corrected chi connectivity index (χ3v) is 6.57. The van der Waals surface area contributed by atoms with Crippen LogP contribution in [-0.4, -0.2) is 73.1 Å². The van der Waals surface area contributed by atoms with E-state index in [1.807, 2.05) is 11.8 Å². The van der Waals surface area contributed by atoms with E-state index >= 15 is 0 Å². The van der Waals surface area contributed by atoms with E-state index in [1.165, 1.54) is 19.3 Å². The third kappa shape index (κ3) is 4.77. The van der Waals surface area contributed by atoms with Gasteiger partial charge in [0.2, 0.25) is 11.8 Å². The third-order valence-electron chi connectivity index (χ3n) is 6.57. The first-order chi connectivity index (χ1) is 12.6. The molecule has 3 aliphatic rings. The van der Waals surface area contributed by atoms with Crippen LogP contribution in [0.1, 0.15) is 52.4 Å². The summed E-state index contributed by atoms with van der Waals surface area (Å²) < 4.78 is 5.34. The molecule has 3 fully saturated rings. The van der Waals surface area contributed by atoms with Crippen molar-refractivity contribution in [1.82, 2.24) is 15.1 Å². The number of ether oxygens (including phenoxy) is 1. The first-order valence-corrected chi connectivity index (χ1v) is 10.5. The van der Waals surface area contributed by atoms with Gasteiger partial charge in [-0.1, -0.05) is 19.8 Å². The summed E-state index contributed by atoms with van der Waals surface area (Å²) in [6.07, 6.45) is 6.54. The number of amides is 2. The van der Waals surface area contributed by atoms with E-state index in [9.17, 15) is 9.59 Å². The summed E-state index contributed by atoms with van der Waals surface area (Å²) in [5.41, 5.74) is 0. The predicted molar refractivity (Wildman–Crippen MR) is 101 cm³/mol. The molecule has 0 radical (unpaired) electrons. The van der Waals surface area contributed by atoms with Gasteiger partial charge in [0.25, 0.3) is 0 Å². The van der Waals surface area contributed by atoms with E-state index in [2.05, 4.69) is 17.1 Å². The Morgan fingerprint density at radius 3 is 2.31 bits per heavy atom. The number of likely N-dealkylation sites (tertiary alicyclic amines) is 1. The lowest BCUT2D eigenvalue weighted by atomic mass is 9.86. The molecule has 0 aromatic heterocycles. The van der Waals surface area contributed by atoms with Gasteiger partial charge in [0, 0.05) is 25.0 Å². The van der Waals surface area contributed by atoms with Gasteiger partial charge >= 0.3 is 0 Å². The number of rotatable bonds is 4. The highest BCUT2D eigenvalue weighted by molar-refractivity contribution is 5.82. The van der Waals surface area contributed by atoms with Crippen LogP contribution >= 0.6 is 0 Å². The van der Waals surface area contributed by atoms with Crippen LogP contribution in [0.15, 0.2) is 0 Å². The van der Waals surface area contributed by atoms with E-state index in [-0.39, 0.29) is 23.8 Å². The highest BCUT2D eigenvalue weighted by atomic mass is 16.5. The molecule has 3 rings (SSSR count). The largest absolute Gasteiger partial charge is 0.378 e. The molecule has 6 nitrogen and oxygen atoms in total. The minimum absolute atomic E-state index is 0.108. The molecule has 1 N–H and O–H groups in total. The molecule has 2 saturated heterocycles. The summed E-state index contributed by atoms with van der Waals surface area (Å²) in [5.74, 6) is 1.12. The number of nitrogens with zero attached hydrogens (tertiary/aromatic N) is 2. The fraction of sp³-hybridized carbons (Fsp3) is 0.900. The minimum Gasteiger partial charge on any atom is -0.378 e. The number of carbonyl (C=O) groups is 2. The average Bonchev–Trinajstić information content (AvgIpc) is 2.69. The van der Waals surface area contributed by atoms with E-state index in [0.29, 0.717) is 25.2 Å². The van der Waals surface area contributed by atoms with Crippen molar-refractivity contribution in [3.8, 4) is 0 Å². The molecule has 148 valence electrons. The molecule has 6 heteroatoms. The maximum absolute atomic E-state index is 12.7. The van der Waals surface area contributed by atoms with Crippen LogP contribution < -0.4 is 5.32 Å². The molecule has 0 spiro atoms. The number of nitrogens with one attached hydrogen (secondary N) is 1. The van der Waals surface area contributed by atoms with E-state index in [1.54, 1.807) is 0 Å². The maximum atomic E-state index is 12.7. The molecule has 0 bridgehead atoms. The van der Waals surface area contributed by atoms with Crippen LogP contribution in [0.2, 0.25) is 0 Å². The lowest BCUT2D eigenvalue weighted by Crippen LogP contribution is -2.53. The second kappa shape index (κ2) is 9.18. The maximum Gasteiger partial charge on any atom is 0.237 e. The van der Waals surface area contributed by atoms with Crippen LogP contribution in [-0.2, 0) is 14.3 Å². The molecular formula is C20H35N3O3. The first-order valence-electron chi connectivity index (χ1n) is 10.5. The van der Waals surface area contributed by atoms with Gasteiger partial charge in [-0.25, -0.2) is 0 Å². The highest BCUT2D eigenvalue weighted by Gasteiger charge is 2.33. The van der Waals surface area contributed by atoms with Crippen molar-refractivity contribution in [1.29, 1.82) is 0 Å². The first kappa shape index (κ1) is 19.6. The topological polar surface area (TPSA) is 61.9 Å². The molecule has 2 heterocycles. The van der Waals surface area contributed by atoms with Crippen molar-refractivity contribution < 1.29 is 14.3 Å². The van der Waals surface area contributed by atoms with Crippen molar-refractivity contribution in [2.45, 2.75) is 64.5 Å². The Labute approximate surface area is 157 Å². The van der Waals surface area contributed by atoms with Gasteiger partial charge in [-0.15, -0.1) is 0 Å². The SMILES string of the molecule is CC1CCCCC1NC(=O)C(C)N1CCC(C(=O)N2CCOCC2)CC1. The normalized spacial score (nSPS) is 30.0. The summed E-state index contributed by atoms with van der Waals surface area (Å²) in [6, 6.07) is 0.225. The summed E-state index contributed by atoms with van der Waals surface area (Å²) >= 11 is 0. The average molecular weight is 366 g/mol. The van der Waals surface area contributed by atoms with Crippen molar-refractivity contribution in [2.24, 2.45) is 11.8 Å². The van der Waals surface area contributed by atoms with Gasteiger partial charge in [-0.2, -0.15) is 0 Å². The van der Waals surface area contributed by atoms with Gasteiger partial charge < -0.3 is 15.0 Å². The van der Waals surface area contributed by atoms with Crippen LogP contribution in [0.25, 0.3) is 0 Å². The van der Waals surface area contributed by atoms with Crippen LogP contribution in [0, 0.1) is 11.8 Å². The number of carbonyl (C=O) groups excluding carboxylic acids is 2. The molecule has 26 heavy (non-hydrogen) atoms. The van der Waals surface area contributed by atoms with Crippen LogP contribution in [0.4, 0.5) is 0 Å². The summed E-state index contributed by atoms with van der Waals surface area (Å²) in [5, 5.41) is 3.28. The molecule has 0 aromatic carbocycles. The Bertz CT molecular complexity index is 485. The zero-order valence-electron chi connectivity index (χ0n) is 16.4. The standard InChI is InChI=1S/C20H35N3O3/c1-15-5-3-4-6-18(15)21-19(24)16(2)22-9-7-17(8-10-22)20(25)23-11-13-26-14-12-23/h15-18H,3-14H2,1-2H3,(H,21,24). The molecule has 1 aliphatic carbocycles. The summed E-state index contributed by atoms with van der Waals surface area (Å²) in [6.45, 7) is 8.66. The van der Waals surface area contributed by atoms with Crippen molar-refractivity contribution in [3.05, 3.63) is 0 Å². The zero-order valence-corrected chi connectivity index (χ0v) is 16.4. The Balaban J connectivity index is 1.44. The van der Waals surface area contributed by atoms with Crippen molar-refractivity contribution >= 4 is 11.8 Å². The zero-order chi connectivity index (χ0) is 18.5. The van der Waals surface area contributed by atoms with E-state index in [0.717, 1.165) is 45.4 Å². The van der Waals surface area contributed by atoms with Gasteiger partial charge in [0.1, 0.15) is 0 Å². The van der Waals surface area contributed by atoms with Crippen molar-refractivity contribution in [3.63, 3.8) is 0 Å². The van der Waals surface area contributed by atoms with E-state index in [4.69, 9.17) is 4.74 Å². The summed E-state index contributed by atoms with van der Waals surface area (Å²) in [4.78, 5) is 29.5. The number of morpholine rings is 1. The molecular weight excluding hydrogens is 330 g/mol. The van der Waals surface area contributed by atoms with Gasteiger partial charge in [0.05, 0.1) is 19.3 Å². The highest BCUT2D eigenvalue weighted by Crippen LogP contribution is 2.25. The Morgan fingerprint density at radius 1 is 1.00 bits per heavy atom. The second-order valence-electron chi connectivity index (χ2n) is 8.30. The van der Waals surface area contributed by atoms with Crippen LogP contribution in [0.5, 0.6) is 0 Å². The molecule has 3 unspecified atom stereocenters. The van der Waals surface area contributed by atoms with Gasteiger partial charge in [0.15, 0.2) is 0 Å². The molecule has 3 atom stereocenters. The van der Waals surface area contributed by atoms with Gasteiger partial charge in [-0.3, -0.25) is 14.5 Å². The smallest absolute Gasteiger partial charge is 0.237 e. The Morgan fingerprint density at radius 2 is 1.65 bits per heavy atom. The quantitative estimate of drug-likeness (QED) is 0.823. The fourth-order valence-corrected chi connectivity index (χ4v) is 4.58. The molecule has 1 saturated carbocycles.